The van der Waals surface area contributed by atoms with Crippen LogP contribution < -0.4 is 9.47 Å². The molecule has 3 aromatic heterocycles. The van der Waals surface area contributed by atoms with Crippen LogP contribution in [0.3, 0.4) is 0 Å². The lowest BCUT2D eigenvalue weighted by atomic mass is 10.2. The van der Waals surface area contributed by atoms with Crippen LogP contribution >= 0.6 is 0 Å². The van der Waals surface area contributed by atoms with Crippen LogP contribution in [0.1, 0.15) is 23.0 Å². The van der Waals surface area contributed by atoms with Crippen LogP contribution in [-0.2, 0) is 19.6 Å². The standard InChI is InChI=1S/C26H20N6O3/c1-2-4-22-18(3-1)6-7-19(27-22)16-34-21-10-8-20(9-11-21)33-15-17-5-12-23-24(13-17)35-26(28-23)14-25-29-31-32-30-25/h1-13H,14-16H2,(H,29,30,31,32). The number of nitrogens with one attached hydrogen (secondary N) is 1. The number of rotatable bonds is 8. The summed E-state index contributed by atoms with van der Waals surface area (Å²) in [6.45, 7) is 0.802. The van der Waals surface area contributed by atoms with Gasteiger partial charge < -0.3 is 13.9 Å². The van der Waals surface area contributed by atoms with Gasteiger partial charge in [-0.1, -0.05) is 30.3 Å². The third-order valence-electron chi connectivity index (χ3n) is 5.48. The lowest BCUT2D eigenvalue weighted by Crippen LogP contribution is -1.99. The zero-order valence-corrected chi connectivity index (χ0v) is 18.6. The second-order valence-corrected chi connectivity index (χ2v) is 7.98. The number of aromatic nitrogens is 6. The monoisotopic (exact) mass is 464 g/mol. The molecule has 9 heteroatoms. The summed E-state index contributed by atoms with van der Waals surface area (Å²) < 4.78 is 17.7. The van der Waals surface area contributed by atoms with Crippen molar-refractivity contribution in [2.45, 2.75) is 19.6 Å². The fourth-order valence-electron chi connectivity index (χ4n) is 3.72. The van der Waals surface area contributed by atoms with Gasteiger partial charge in [0.15, 0.2) is 11.4 Å². The summed E-state index contributed by atoms with van der Waals surface area (Å²) >= 11 is 0. The minimum Gasteiger partial charge on any atom is -0.489 e. The molecule has 0 aliphatic carbocycles. The smallest absolute Gasteiger partial charge is 0.203 e. The molecule has 0 bridgehead atoms. The van der Waals surface area contributed by atoms with Gasteiger partial charge in [0, 0.05) is 5.39 Å². The van der Waals surface area contributed by atoms with E-state index in [9.17, 15) is 0 Å². The Labute approximate surface area is 199 Å². The van der Waals surface area contributed by atoms with Crippen molar-refractivity contribution in [3.05, 3.63) is 102 Å². The Balaban J connectivity index is 1.05. The molecule has 0 aliphatic heterocycles. The van der Waals surface area contributed by atoms with E-state index in [1.54, 1.807) is 0 Å². The minimum absolute atomic E-state index is 0.400. The molecule has 9 nitrogen and oxygen atoms in total. The third kappa shape index (κ3) is 4.79. The van der Waals surface area contributed by atoms with Gasteiger partial charge in [-0.25, -0.2) is 15.1 Å². The van der Waals surface area contributed by atoms with Crippen LogP contribution in [-0.4, -0.2) is 30.6 Å². The first-order chi connectivity index (χ1) is 17.3. The highest BCUT2D eigenvalue weighted by atomic mass is 16.5. The van der Waals surface area contributed by atoms with Gasteiger partial charge in [0.05, 0.1) is 17.6 Å². The number of pyridine rings is 1. The van der Waals surface area contributed by atoms with E-state index in [1.165, 1.54) is 0 Å². The third-order valence-corrected chi connectivity index (χ3v) is 5.48. The first kappa shape index (κ1) is 20.8. The normalized spacial score (nSPS) is 11.2. The number of oxazole rings is 1. The first-order valence-electron chi connectivity index (χ1n) is 11.1. The van der Waals surface area contributed by atoms with E-state index in [0.717, 1.165) is 39.2 Å². The maximum Gasteiger partial charge on any atom is 0.203 e. The number of benzene rings is 3. The van der Waals surface area contributed by atoms with Crippen LogP contribution in [0.2, 0.25) is 0 Å². The molecule has 0 spiro atoms. The quantitative estimate of drug-likeness (QED) is 0.347. The molecule has 0 saturated heterocycles. The zero-order valence-electron chi connectivity index (χ0n) is 18.6. The van der Waals surface area contributed by atoms with Crippen LogP contribution in [0, 0.1) is 0 Å². The summed E-state index contributed by atoms with van der Waals surface area (Å²) in [6.07, 6.45) is 0.402. The van der Waals surface area contributed by atoms with Gasteiger partial charge in [-0.15, -0.1) is 5.10 Å². The van der Waals surface area contributed by atoms with Crippen LogP contribution in [0.25, 0.3) is 22.0 Å². The SMILES string of the molecule is c1ccc2nc(COc3ccc(OCc4ccc5nc(Cc6nnn[nH]6)oc5c4)cc3)ccc2c1. The molecule has 0 atom stereocenters. The predicted molar refractivity (Wildman–Crippen MR) is 128 cm³/mol. The molecule has 35 heavy (non-hydrogen) atoms. The molecule has 0 unspecified atom stereocenters. The molecule has 1 N–H and O–H groups in total. The molecule has 3 heterocycles. The van der Waals surface area contributed by atoms with Gasteiger partial charge in [0.25, 0.3) is 0 Å². The van der Waals surface area contributed by atoms with Gasteiger partial charge in [-0.2, -0.15) is 0 Å². The highest BCUT2D eigenvalue weighted by Gasteiger charge is 2.10. The van der Waals surface area contributed by atoms with E-state index < -0.39 is 0 Å². The van der Waals surface area contributed by atoms with Crippen molar-refractivity contribution in [1.82, 2.24) is 30.6 Å². The Bertz CT molecular complexity index is 1580. The van der Waals surface area contributed by atoms with E-state index in [-0.39, 0.29) is 0 Å². The molecule has 0 fully saturated rings. The molecular formula is C26H20N6O3. The summed E-state index contributed by atoms with van der Waals surface area (Å²) in [5, 5.41) is 14.8. The van der Waals surface area contributed by atoms with E-state index in [4.69, 9.17) is 13.9 Å². The van der Waals surface area contributed by atoms with E-state index >= 15 is 0 Å². The Morgan fingerprint density at radius 2 is 1.60 bits per heavy atom. The Hall–Kier alpha value is -4.79. The number of fused-ring (bicyclic) bond motifs is 2. The molecule has 0 aliphatic rings. The zero-order chi connectivity index (χ0) is 23.5. The molecule has 0 radical (unpaired) electrons. The largest absolute Gasteiger partial charge is 0.489 e. The molecule has 6 aromatic rings. The fourth-order valence-corrected chi connectivity index (χ4v) is 3.72. The van der Waals surface area contributed by atoms with Gasteiger partial charge in [-0.05, 0) is 64.5 Å². The van der Waals surface area contributed by atoms with Gasteiger partial charge in [0.1, 0.15) is 30.2 Å². The van der Waals surface area contributed by atoms with E-state index in [2.05, 4.69) is 36.7 Å². The lowest BCUT2D eigenvalue weighted by molar-refractivity contribution is 0.295. The highest BCUT2D eigenvalue weighted by molar-refractivity contribution is 5.78. The van der Waals surface area contributed by atoms with Crippen molar-refractivity contribution in [3.63, 3.8) is 0 Å². The second-order valence-electron chi connectivity index (χ2n) is 7.98. The minimum atomic E-state index is 0.400. The maximum atomic E-state index is 5.94. The number of H-pyrrole nitrogens is 1. The Morgan fingerprint density at radius 1 is 0.771 bits per heavy atom. The summed E-state index contributed by atoms with van der Waals surface area (Å²) in [4.78, 5) is 9.11. The number of para-hydroxylation sites is 1. The van der Waals surface area contributed by atoms with Crippen LogP contribution in [0.4, 0.5) is 0 Å². The molecule has 0 saturated carbocycles. The van der Waals surface area contributed by atoms with Crippen molar-refractivity contribution >= 4 is 22.0 Å². The van der Waals surface area contributed by atoms with Crippen LogP contribution in [0.15, 0.2) is 83.3 Å². The van der Waals surface area contributed by atoms with Crippen molar-refractivity contribution in [3.8, 4) is 11.5 Å². The average molecular weight is 464 g/mol. The van der Waals surface area contributed by atoms with Gasteiger partial charge in [0.2, 0.25) is 5.89 Å². The number of nitrogens with zero attached hydrogens (tertiary/aromatic N) is 5. The molecular weight excluding hydrogens is 444 g/mol. The van der Waals surface area contributed by atoms with Crippen molar-refractivity contribution < 1.29 is 13.9 Å². The number of hydrogen-bond acceptors (Lipinski definition) is 8. The Morgan fingerprint density at radius 3 is 2.43 bits per heavy atom. The van der Waals surface area contributed by atoms with Crippen molar-refractivity contribution in [2.75, 3.05) is 0 Å². The summed E-state index contributed by atoms with van der Waals surface area (Å²) in [6, 6.07) is 25.5. The molecule has 3 aromatic carbocycles. The molecule has 172 valence electrons. The topological polar surface area (TPSA) is 112 Å². The summed E-state index contributed by atoms with van der Waals surface area (Å²) in [7, 11) is 0. The number of aromatic amines is 1. The fraction of sp³-hybridized carbons (Fsp3) is 0.115. The molecule has 6 rings (SSSR count). The number of hydrogen-bond donors (Lipinski definition) is 1. The number of tetrazole rings is 1. The van der Waals surface area contributed by atoms with Crippen LogP contribution in [0.5, 0.6) is 11.5 Å². The summed E-state index contributed by atoms with van der Waals surface area (Å²) in [5.74, 6) is 2.65. The maximum absolute atomic E-state index is 5.94. The predicted octanol–water partition coefficient (Wildman–Crippen LogP) is 4.64. The second kappa shape index (κ2) is 9.22. The highest BCUT2D eigenvalue weighted by Crippen LogP contribution is 2.22. The summed E-state index contributed by atoms with van der Waals surface area (Å²) in [5.41, 5.74) is 4.29. The van der Waals surface area contributed by atoms with Gasteiger partial charge >= 0.3 is 0 Å². The average Bonchev–Trinajstić information content (AvgIpc) is 3.56. The van der Waals surface area contributed by atoms with E-state index in [0.29, 0.717) is 36.9 Å². The number of ether oxygens (including phenoxy) is 2. The van der Waals surface area contributed by atoms with Crippen molar-refractivity contribution in [2.24, 2.45) is 0 Å². The van der Waals surface area contributed by atoms with Crippen molar-refractivity contribution in [1.29, 1.82) is 0 Å². The lowest BCUT2D eigenvalue weighted by Gasteiger charge is -2.09. The molecule has 0 amide bonds. The van der Waals surface area contributed by atoms with E-state index in [1.807, 2.05) is 72.8 Å². The van der Waals surface area contributed by atoms with Gasteiger partial charge in [-0.3, -0.25) is 0 Å². The Kier molecular flexibility index (Phi) is 5.48. The first-order valence-corrected chi connectivity index (χ1v) is 11.1.